The van der Waals surface area contributed by atoms with Gasteiger partial charge in [0, 0.05) is 12.3 Å². The topological polar surface area (TPSA) is 101 Å². The quantitative estimate of drug-likeness (QED) is 0.873. The summed E-state index contributed by atoms with van der Waals surface area (Å²) in [7, 11) is 1.49. The van der Waals surface area contributed by atoms with Crippen molar-refractivity contribution in [1.29, 1.82) is 0 Å². The van der Waals surface area contributed by atoms with Gasteiger partial charge in [-0.15, -0.1) is 0 Å². The van der Waals surface area contributed by atoms with Crippen molar-refractivity contribution in [3.63, 3.8) is 0 Å². The fraction of sp³-hybridized carbons (Fsp3) is 0.0769. The number of nitrogens with one attached hydrogen (secondary N) is 1. The highest BCUT2D eigenvalue weighted by Gasteiger charge is 2.10. The van der Waals surface area contributed by atoms with Crippen LogP contribution in [0.4, 0.5) is 5.69 Å². The van der Waals surface area contributed by atoms with Crippen LogP contribution in [0, 0.1) is 0 Å². The van der Waals surface area contributed by atoms with Crippen LogP contribution in [-0.4, -0.2) is 34.1 Å². The maximum atomic E-state index is 11.9. The van der Waals surface area contributed by atoms with Gasteiger partial charge in [0.15, 0.2) is 0 Å². The summed E-state index contributed by atoms with van der Waals surface area (Å²) in [5.74, 6) is -1.11. The second-order valence-corrected chi connectivity index (χ2v) is 3.78. The number of aromatic nitrogens is 2. The summed E-state index contributed by atoms with van der Waals surface area (Å²) >= 11 is 0. The lowest BCUT2D eigenvalue weighted by atomic mass is 10.2. The van der Waals surface area contributed by atoms with Gasteiger partial charge in [-0.3, -0.25) is 9.78 Å². The second-order valence-electron chi connectivity index (χ2n) is 3.78. The van der Waals surface area contributed by atoms with Crippen LogP contribution in [0.25, 0.3) is 0 Å². The van der Waals surface area contributed by atoms with Crippen molar-refractivity contribution < 1.29 is 19.4 Å². The van der Waals surface area contributed by atoms with Crippen LogP contribution in [0.2, 0.25) is 0 Å². The summed E-state index contributed by atoms with van der Waals surface area (Å²) in [4.78, 5) is 30.3. The molecule has 0 unspecified atom stereocenters. The van der Waals surface area contributed by atoms with Crippen molar-refractivity contribution in [2.75, 3.05) is 12.4 Å². The molecule has 0 fully saturated rings. The number of anilines is 1. The predicted molar refractivity (Wildman–Crippen MR) is 69.9 cm³/mol. The van der Waals surface area contributed by atoms with Crippen LogP contribution in [0.5, 0.6) is 5.88 Å². The number of ether oxygens (including phenoxy) is 1. The summed E-state index contributed by atoms with van der Waals surface area (Å²) < 4.78 is 4.90. The number of methoxy groups -OCH3 is 1. The van der Waals surface area contributed by atoms with Gasteiger partial charge in [-0.2, -0.15) is 0 Å². The van der Waals surface area contributed by atoms with Crippen molar-refractivity contribution in [3.05, 3.63) is 47.9 Å². The van der Waals surface area contributed by atoms with E-state index in [0.29, 0.717) is 11.6 Å². The minimum Gasteiger partial charge on any atom is -0.481 e. The Morgan fingerprint density at radius 3 is 2.45 bits per heavy atom. The molecule has 2 heterocycles. The number of nitrogens with zero attached hydrogens (tertiary/aromatic N) is 2. The smallest absolute Gasteiger partial charge is 0.337 e. The van der Waals surface area contributed by atoms with E-state index in [1.165, 1.54) is 25.4 Å². The third-order valence-electron chi connectivity index (χ3n) is 2.45. The molecule has 0 radical (unpaired) electrons. The van der Waals surface area contributed by atoms with Gasteiger partial charge in [-0.05, 0) is 18.2 Å². The molecule has 0 aliphatic rings. The Balaban J connectivity index is 2.08. The molecule has 0 atom stereocenters. The first-order valence-corrected chi connectivity index (χ1v) is 5.61. The molecule has 7 nitrogen and oxygen atoms in total. The zero-order valence-electron chi connectivity index (χ0n) is 10.5. The fourth-order valence-corrected chi connectivity index (χ4v) is 1.42. The molecule has 0 aliphatic carbocycles. The van der Waals surface area contributed by atoms with Gasteiger partial charge in [0.2, 0.25) is 5.88 Å². The fourth-order valence-electron chi connectivity index (χ4n) is 1.42. The number of aromatic carboxylic acids is 1. The van der Waals surface area contributed by atoms with Crippen molar-refractivity contribution in [2.45, 2.75) is 0 Å². The van der Waals surface area contributed by atoms with E-state index in [1.54, 1.807) is 12.1 Å². The highest BCUT2D eigenvalue weighted by molar-refractivity contribution is 6.03. The van der Waals surface area contributed by atoms with Gasteiger partial charge in [0.25, 0.3) is 5.91 Å². The zero-order valence-corrected chi connectivity index (χ0v) is 10.5. The molecule has 2 aromatic heterocycles. The molecule has 0 saturated heterocycles. The van der Waals surface area contributed by atoms with Crippen molar-refractivity contribution in [3.8, 4) is 5.88 Å². The van der Waals surface area contributed by atoms with Crippen LogP contribution >= 0.6 is 0 Å². The van der Waals surface area contributed by atoms with E-state index in [2.05, 4.69) is 15.3 Å². The lowest BCUT2D eigenvalue weighted by molar-refractivity contribution is 0.0696. The van der Waals surface area contributed by atoms with E-state index < -0.39 is 11.9 Å². The highest BCUT2D eigenvalue weighted by atomic mass is 16.5. The molecular weight excluding hydrogens is 262 g/mol. The summed E-state index contributed by atoms with van der Waals surface area (Å²) in [5.41, 5.74) is 0.624. The molecule has 1 amide bonds. The summed E-state index contributed by atoms with van der Waals surface area (Å²) in [5, 5.41) is 11.3. The second kappa shape index (κ2) is 5.79. The van der Waals surface area contributed by atoms with Gasteiger partial charge in [-0.25, -0.2) is 9.78 Å². The molecule has 0 spiro atoms. The standard InChI is InChI=1S/C13H11N3O4/c1-20-11-5-3-9(7-15-11)16-12(17)10-4-2-8(6-14-10)13(18)19/h2-7H,1H3,(H,16,17)(H,18,19). The molecule has 0 saturated carbocycles. The summed E-state index contributed by atoms with van der Waals surface area (Å²) in [6, 6.07) is 5.90. The largest absolute Gasteiger partial charge is 0.481 e. The minimum atomic E-state index is -1.09. The highest BCUT2D eigenvalue weighted by Crippen LogP contribution is 2.12. The monoisotopic (exact) mass is 273 g/mol. The maximum Gasteiger partial charge on any atom is 0.337 e. The molecule has 102 valence electrons. The predicted octanol–water partition coefficient (Wildman–Crippen LogP) is 1.44. The normalized spacial score (nSPS) is 9.85. The Morgan fingerprint density at radius 1 is 1.15 bits per heavy atom. The number of carbonyl (C=O) groups is 2. The van der Waals surface area contributed by atoms with Gasteiger partial charge >= 0.3 is 5.97 Å². The first-order chi connectivity index (χ1) is 9.60. The molecule has 2 rings (SSSR count). The van der Waals surface area contributed by atoms with Crippen LogP contribution in [0.3, 0.4) is 0 Å². The number of rotatable bonds is 4. The zero-order chi connectivity index (χ0) is 14.5. The molecule has 2 aromatic rings. The molecule has 0 bridgehead atoms. The summed E-state index contributed by atoms with van der Waals surface area (Å²) in [6.07, 6.45) is 2.58. The van der Waals surface area contributed by atoms with E-state index >= 15 is 0 Å². The van der Waals surface area contributed by atoms with E-state index in [0.717, 1.165) is 6.20 Å². The molecule has 0 aromatic carbocycles. The Hall–Kier alpha value is -2.96. The number of pyridine rings is 2. The van der Waals surface area contributed by atoms with Crippen molar-refractivity contribution in [2.24, 2.45) is 0 Å². The van der Waals surface area contributed by atoms with E-state index in [4.69, 9.17) is 9.84 Å². The number of hydrogen-bond acceptors (Lipinski definition) is 5. The third-order valence-corrected chi connectivity index (χ3v) is 2.45. The average molecular weight is 273 g/mol. The maximum absolute atomic E-state index is 11.9. The van der Waals surface area contributed by atoms with E-state index in [9.17, 15) is 9.59 Å². The SMILES string of the molecule is COc1ccc(NC(=O)c2ccc(C(=O)O)cn2)cn1. The van der Waals surface area contributed by atoms with Crippen molar-refractivity contribution >= 4 is 17.6 Å². The Kier molecular flexibility index (Phi) is 3.90. The number of hydrogen-bond donors (Lipinski definition) is 2. The van der Waals surface area contributed by atoms with Crippen LogP contribution in [-0.2, 0) is 0 Å². The average Bonchev–Trinajstić information content (AvgIpc) is 2.48. The first-order valence-electron chi connectivity index (χ1n) is 5.61. The lowest BCUT2D eigenvalue weighted by Gasteiger charge is -2.05. The van der Waals surface area contributed by atoms with Crippen LogP contribution in [0.1, 0.15) is 20.8 Å². The van der Waals surface area contributed by atoms with Crippen LogP contribution < -0.4 is 10.1 Å². The van der Waals surface area contributed by atoms with Gasteiger partial charge in [-0.1, -0.05) is 0 Å². The van der Waals surface area contributed by atoms with Gasteiger partial charge < -0.3 is 15.2 Å². The van der Waals surface area contributed by atoms with Gasteiger partial charge in [0.05, 0.1) is 24.6 Å². The number of carboxylic acids is 1. The number of amides is 1. The van der Waals surface area contributed by atoms with Crippen LogP contribution in [0.15, 0.2) is 36.7 Å². The molecule has 20 heavy (non-hydrogen) atoms. The van der Waals surface area contributed by atoms with E-state index in [-0.39, 0.29) is 11.3 Å². The number of carboxylic acid groups (broad SMARTS) is 1. The molecule has 7 heteroatoms. The Bertz CT molecular complexity index is 623. The van der Waals surface area contributed by atoms with Gasteiger partial charge in [0.1, 0.15) is 5.69 Å². The minimum absolute atomic E-state index is 0.0210. The molecule has 0 aliphatic heterocycles. The molecule has 2 N–H and O–H groups in total. The first kappa shape index (κ1) is 13.5. The third kappa shape index (κ3) is 3.08. The molecular formula is C13H11N3O4. The summed E-state index contributed by atoms with van der Waals surface area (Å²) in [6.45, 7) is 0. The Morgan fingerprint density at radius 2 is 1.95 bits per heavy atom. The Labute approximate surface area is 114 Å². The van der Waals surface area contributed by atoms with Crippen molar-refractivity contribution in [1.82, 2.24) is 9.97 Å². The van der Waals surface area contributed by atoms with E-state index in [1.807, 2.05) is 0 Å². The lowest BCUT2D eigenvalue weighted by Crippen LogP contribution is -2.14. The number of carbonyl (C=O) groups excluding carboxylic acids is 1.